The molecular weight excluding hydrogens is 386 g/mol. The van der Waals surface area contributed by atoms with Gasteiger partial charge in [0.25, 0.3) is 0 Å². The lowest BCUT2D eigenvalue weighted by molar-refractivity contribution is -0.115. The third-order valence-corrected chi connectivity index (χ3v) is 7.35. The monoisotopic (exact) mass is 411 g/mol. The van der Waals surface area contributed by atoms with Gasteiger partial charge in [-0.25, -0.2) is 8.42 Å². The van der Waals surface area contributed by atoms with Crippen LogP contribution in [0.3, 0.4) is 0 Å². The van der Waals surface area contributed by atoms with Crippen LogP contribution in [0.2, 0.25) is 0 Å². The first-order valence-electron chi connectivity index (χ1n) is 9.91. The van der Waals surface area contributed by atoms with Gasteiger partial charge < -0.3 is 10.3 Å². The molecule has 0 spiro atoms. The molecule has 0 bridgehead atoms. The molecule has 6 nitrogen and oxygen atoms in total. The molecule has 3 aromatic rings. The number of hydrogen-bond donors (Lipinski definition) is 2. The maximum Gasteiger partial charge on any atom is 0.243 e. The van der Waals surface area contributed by atoms with E-state index in [0.29, 0.717) is 18.8 Å². The van der Waals surface area contributed by atoms with Crippen molar-refractivity contribution in [3.63, 3.8) is 0 Å². The Bertz CT molecular complexity index is 1130. The highest BCUT2D eigenvalue weighted by molar-refractivity contribution is 7.89. The molecule has 1 aliphatic rings. The number of carbonyl (C=O) groups is 1. The number of amides is 1. The van der Waals surface area contributed by atoms with Gasteiger partial charge in [-0.3, -0.25) is 4.79 Å². The normalized spacial score (nSPS) is 15.5. The van der Waals surface area contributed by atoms with Crippen molar-refractivity contribution in [3.8, 4) is 0 Å². The molecule has 2 N–H and O–H groups in total. The Balaban J connectivity index is 1.45. The Morgan fingerprint density at radius 1 is 1.07 bits per heavy atom. The number of carbonyl (C=O) groups excluding carboxylic acids is 1. The minimum atomic E-state index is -3.46. The number of aryl methyl sites for hydroxylation is 1. The summed E-state index contributed by atoms with van der Waals surface area (Å²) in [5, 5.41) is 3.94. The topological polar surface area (TPSA) is 82.3 Å². The maximum atomic E-state index is 12.7. The molecule has 1 saturated heterocycles. The van der Waals surface area contributed by atoms with Crippen molar-refractivity contribution < 1.29 is 13.2 Å². The van der Waals surface area contributed by atoms with E-state index in [4.69, 9.17) is 0 Å². The fourth-order valence-corrected chi connectivity index (χ4v) is 5.45. The summed E-state index contributed by atoms with van der Waals surface area (Å²) in [6.45, 7) is 3.18. The molecule has 0 radical (unpaired) electrons. The average molecular weight is 412 g/mol. The van der Waals surface area contributed by atoms with Crippen LogP contribution in [-0.4, -0.2) is 36.7 Å². The van der Waals surface area contributed by atoms with E-state index in [2.05, 4.69) is 10.3 Å². The number of hydrogen-bond acceptors (Lipinski definition) is 3. The second-order valence-electron chi connectivity index (χ2n) is 7.53. The smallest absolute Gasteiger partial charge is 0.243 e. The van der Waals surface area contributed by atoms with Gasteiger partial charge in [0.1, 0.15) is 0 Å². The Morgan fingerprint density at radius 3 is 2.52 bits per heavy atom. The summed E-state index contributed by atoms with van der Waals surface area (Å²) in [5.74, 6) is -0.138. The molecule has 7 heteroatoms. The van der Waals surface area contributed by atoms with Crippen LogP contribution in [0, 0.1) is 6.92 Å². The Kier molecular flexibility index (Phi) is 5.43. The zero-order valence-corrected chi connectivity index (χ0v) is 17.3. The first kappa shape index (κ1) is 19.7. The van der Waals surface area contributed by atoms with Crippen LogP contribution in [0.15, 0.2) is 53.6 Å². The number of anilines is 1. The number of aromatic amines is 1. The molecule has 29 heavy (non-hydrogen) atoms. The summed E-state index contributed by atoms with van der Waals surface area (Å²) in [7, 11) is -3.46. The zero-order chi connectivity index (χ0) is 20.4. The largest absolute Gasteiger partial charge is 0.361 e. The predicted molar refractivity (Wildman–Crippen MR) is 114 cm³/mol. The Morgan fingerprint density at radius 2 is 1.79 bits per heavy atom. The van der Waals surface area contributed by atoms with Crippen LogP contribution in [0.25, 0.3) is 10.9 Å². The number of nitrogens with one attached hydrogen (secondary N) is 2. The van der Waals surface area contributed by atoms with Crippen LogP contribution in [-0.2, 0) is 21.2 Å². The van der Waals surface area contributed by atoms with E-state index in [1.807, 2.05) is 31.3 Å². The summed E-state index contributed by atoms with van der Waals surface area (Å²) in [6.07, 6.45) is 5.00. The standard InChI is InChI=1S/C22H25N3O3S/c1-16-6-5-7-20-22(16)17(15-23-20)14-21(26)24-18-8-10-19(11-9-18)29(27,28)25-12-3-2-4-13-25/h5-11,15,23H,2-4,12-14H2,1H3,(H,24,26). The average Bonchev–Trinajstić information content (AvgIpc) is 3.13. The van der Waals surface area contributed by atoms with Gasteiger partial charge in [0.2, 0.25) is 15.9 Å². The third kappa shape index (κ3) is 4.06. The third-order valence-electron chi connectivity index (χ3n) is 5.44. The molecule has 2 aromatic carbocycles. The molecule has 0 aliphatic carbocycles. The number of nitrogens with zero attached hydrogens (tertiary/aromatic N) is 1. The summed E-state index contributed by atoms with van der Waals surface area (Å²) in [4.78, 5) is 16.0. The van der Waals surface area contributed by atoms with Crippen molar-refractivity contribution in [3.05, 3.63) is 59.8 Å². The lowest BCUT2D eigenvalue weighted by Crippen LogP contribution is -2.35. The van der Waals surface area contributed by atoms with Gasteiger partial charge in [0.15, 0.2) is 0 Å². The molecular formula is C22H25N3O3S. The SMILES string of the molecule is Cc1cccc2[nH]cc(CC(=O)Nc3ccc(S(=O)(=O)N4CCCCC4)cc3)c12. The number of fused-ring (bicyclic) bond motifs is 1. The first-order chi connectivity index (χ1) is 13.9. The van der Waals surface area contributed by atoms with E-state index in [0.717, 1.165) is 41.3 Å². The van der Waals surface area contributed by atoms with E-state index < -0.39 is 10.0 Å². The molecule has 152 valence electrons. The van der Waals surface area contributed by atoms with Crippen LogP contribution in [0.5, 0.6) is 0 Å². The second-order valence-corrected chi connectivity index (χ2v) is 9.46. The molecule has 1 amide bonds. The Hall–Kier alpha value is -2.64. The van der Waals surface area contributed by atoms with E-state index in [-0.39, 0.29) is 17.2 Å². The number of piperidine rings is 1. The second kappa shape index (κ2) is 8.00. The first-order valence-corrected chi connectivity index (χ1v) is 11.3. The van der Waals surface area contributed by atoms with Gasteiger partial charge in [-0.1, -0.05) is 18.6 Å². The lowest BCUT2D eigenvalue weighted by atomic mass is 10.1. The summed E-state index contributed by atoms with van der Waals surface area (Å²) >= 11 is 0. The Labute approximate surface area is 171 Å². The number of aromatic nitrogens is 1. The predicted octanol–water partition coefficient (Wildman–Crippen LogP) is 3.83. The summed E-state index contributed by atoms with van der Waals surface area (Å²) in [5.41, 5.74) is 3.67. The van der Waals surface area contributed by atoms with Gasteiger partial charge in [-0.2, -0.15) is 4.31 Å². The van der Waals surface area contributed by atoms with Gasteiger partial charge in [0.05, 0.1) is 11.3 Å². The van der Waals surface area contributed by atoms with Crippen molar-refractivity contribution in [2.24, 2.45) is 0 Å². The number of H-pyrrole nitrogens is 1. The fraction of sp³-hybridized carbons (Fsp3) is 0.318. The summed E-state index contributed by atoms with van der Waals surface area (Å²) < 4.78 is 27.0. The van der Waals surface area contributed by atoms with Crippen LogP contribution in [0.1, 0.15) is 30.4 Å². The van der Waals surface area contributed by atoms with E-state index in [9.17, 15) is 13.2 Å². The number of benzene rings is 2. The molecule has 0 unspecified atom stereocenters. The highest BCUT2D eigenvalue weighted by Crippen LogP contribution is 2.24. The minimum absolute atomic E-state index is 0.138. The maximum absolute atomic E-state index is 12.7. The lowest BCUT2D eigenvalue weighted by Gasteiger charge is -2.25. The van der Waals surface area contributed by atoms with E-state index in [1.54, 1.807) is 28.6 Å². The van der Waals surface area contributed by atoms with Crippen molar-refractivity contribution in [2.75, 3.05) is 18.4 Å². The zero-order valence-electron chi connectivity index (χ0n) is 16.4. The van der Waals surface area contributed by atoms with Crippen LogP contribution in [0.4, 0.5) is 5.69 Å². The van der Waals surface area contributed by atoms with Gasteiger partial charge in [-0.15, -0.1) is 0 Å². The molecule has 4 rings (SSSR count). The van der Waals surface area contributed by atoms with Crippen molar-refractivity contribution >= 4 is 32.5 Å². The molecule has 2 heterocycles. The van der Waals surface area contributed by atoms with Gasteiger partial charge in [0, 0.05) is 35.9 Å². The molecule has 1 aromatic heterocycles. The van der Waals surface area contributed by atoms with E-state index in [1.165, 1.54) is 0 Å². The highest BCUT2D eigenvalue weighted by atomic mass is 32.2. The summed E-state index contributed by atoms with van der Waals surface area (Å²) in [6, 6.07) is 12.4. The molecule has 1 aliphatic heterocycles. The number of sulfonamides is 1. The van der Waals surface area contributed by atoms with Crippen LogP contribution >= 0.6 is 0 Å². The highest BCUT2D eigenvalue weighted by Gasteiger charge is 2.25. The van der Waals surface area contributed by atoms with Crippen molar-refractivity contribution in [1.29, 1.82) is 0 Å². The van der Waals surface area contributed by atoms with Crippen molar-refractivity contribution in [1.82, 2.24) is 9.29 Å². The number of rotatable bonds is 5. The molecule has 1 fully saturated rings. The van der Waals surface area contributed by atoms with Crippen molar-refractivity contribution in [2.45, 2.75) is 37.5 Å². The quantitative estimate of drug-likeness (QED) is 0.669. The minimum Gasteiger partial charge on any atom is -0.361 e. The fourth-order valence-electron chi connectivity index (χ4n) is 3.93. The van der Waals surface area contributed by atoms with Gasteiger partial charge >= 0.3 is 0 Å². The molecule has 0 atom stereocenters. The molecule has 0 saturated carbocycles. The van der Waals surface area contributed by atoms with Crippen LogP contribution < -0.4 is 5.32 Å². The van der Waals surface area contributed by atoms with Gasteiger partial charge in [-0.05, 0) is 61.2 Å². The van der Waals surface area contributed by atoms with E-state index >= 15 is 0 Å².